The van der Waals surface area contributed by atoms with Gasteiger partial charge in [-0.05, 0) is 31.5 Å². The fraction of sp³-hybridized carbons (Fsp3) is 0.286. The predicted octanol–water partition coefficient (Wildman–Crippen LogP) is 2.35. The van der Waals surface area contributed by atoms with Crippen LogP contribution in [0.2, 0.25) is 0 Å². The van der Waals surface area contributed by atoms with E-state index in [4.69, 9.17) is 16.1 Å². The topological polar surface area (TPSA) is 43.2 Å². The van der Waals surface area contributed by atoms with E-state index < -0.39 is 0 Å². The molecular weight excluding hydrogens is 228 g/mol. The van der Waals surface area contributed by atoms with Gasteiger partial charge in [0.1, 0.15) is 25.6 Å². The van der Waals surface area contributed by atoms with Crippen molar-refractivity contribution < 1.29 is 9.68 Å². The van der Waals surface area contributed by atoms with Crippen LogP contribution >= 0.6 is 0 Å². The number of oxime groups is 2. The van der Waals surface area contributed by atoms with Crippen molar-refractivity contribution in [2.45, 2.75) is 13.8 Å². The Morgan fingerprint density at radius 3 is 2.39 bits per heavy atom. The zero-order valence-electron chi connectivity index (χ0n) is 11.0. The van der Waals surface area contributed by atoms with Gasteiger partial charge in [0, 0.05) is 11.1 Å². The molecule has 0 aliphatic carbocycles. The molecular formula is C14H16N2O2. The van der Waals surface area contributed by atoms with Crippen LogP contribution in [0.4, 0.5) is 0 Å². The minimum absolute atomic E-state index is 0.625. The third kappa shape index (κ3) is 3.11. The molecule has 0 aliphatic rings. The van der Waals surface area contributed by atoms with Gasteiger partial charge in [0.05, 0.1) is 0 Å². The second-order valence-electron chi connectivity index (χ2n) is 3.66. The minimum atomic E-state index is 0.625. The van der Waals surface area contributed by atoms with Crippen LogP contribution in [0.15, 0.2) is 28.5 Å². The number of terminal acetylenes is 1. The monoisotopic (exact) mass is 244 g/mol. The summed E-state index contributed by atoms with van der Waals surface area (Å²) in [5.74, 6) is 2.59. The summed E-state index contributed by atoms with van der Waals surface area (Å²) in [5, 5.41) is 7.85. The standard InChI is InChI=1S/C14H16N2O2/c1-6-12-7-8-13(10(2)9-12)14(16-18-5)11(3)15-17-4/h1,7-9H,2-5H3/b15-11+,16-14-. The van der Waals surface area contributed by atoms with E-state index in [1.54, 1.807) is 6.92 Å². The van der Waals surface area contributed by atoms with Crippen LogP contribution in [-0.4, -0.2) is 25.6 Å². The van der Waals surface area contributed by atoms with Crippen LogP contribution in [0.5, 0.6) is 0 Å². The highest BCUT2D eigenvalue weighted by atomic mass is 16.6. The van der Waals surface area contributed by atoms with E-state index in [1.165, 1.54) is 14.2 Å². The molecule has 0 bridgehead atoms. The van der Waals surface area contributed by atoms with E-state index in [9.17, 15) is 0 Å². The Labute approximate surface area is 107 Å². The summed E-state index contributed by atoms with van der Waals surface area (Å²) in [6.07, 6.45) is 5.36. The number of aryl methyl sites for hydroxylation is 1. The maximum absolute atomic E-state index is 5.36. The van der Waals surface area contributed by atoms with Crippen LogP contribution in [0, 0.1) is 19.3 Å². The molecule has 1 aromatic rings. The van der Waals surface area contributed by atoms with Gasteiger partial charge in [-0.2, -0.15) is 0 Å². The Morgan fingerprint density at radius 2 is 1.89 bits per heavy atom. The first-order valence-corrected chi connectivity index (χ1v) is 5.41. The highest BCUT2D eigenvalue weighted by Crippen LogP contribution is 2.13. The molecule has 0 fully saturated rings. The smallest absolute Gasteiger partial charge is 0.134 e. The van der Waals surface area contributed by atoms with Crippen molar-refractivity contribution in [3.8, 4) is 12.3 Å². The lowest BCUT2D eigenvalue weighted by molar-refractivity contribution is 0.210. The quantitative estimate of drug-likeness (QED) is 0.463. The maximum Gasteiger partial charge on any atom is 0.134 e. The third-order valence-electron chi connectivity index (χ3n) is 2.40. The first kappa shape index (κ1) is 13.8. The van der Waals surface area contributed by atoms with Gasteiger partial charge in [-0.1, -0.05) is 22.3 Å². The Bertz CT molecular complexity index is 525. The first-order valence-electron chi connectivity index (χ1n) is 5.41. The van der Waals surface area contributed by atoms with Crippen molar-refractivity contribution in [2.24, 2.45) is 10.3 Å². The molecule has 0 spiro atoms. The molecule has 1 aromatic carbocycles. The predicted molar refractivity (Wildman–Crippen MR) is 72.8 cm³/mol. The zero-order valence-corrected chi connectivity index (χ0v) is 11.0. The van der Waals surface area contributed by atoms with Gasteiger partial charge in [0.2, 0.25) is 0 Å². The molecule has 0 heterocycles. The number of rotatable bonds is 4. The normalized spacial score (nSPS) is 11.9. The molecule has 0 N–H and O–H groups in total. The zero-order chi connectivity index (χ0) is 13.5. The highest BCUT2D eigenvalue weighted by molar-refractivity contribution is 6.47. The van der Waals surface area contributed by atoms with E-state index in [1.807, 2.05) is 25.1 Å². The van der Waals surface area contributed by atoms with Crippen molar-refractivity contribution in [2.75, 3.05) is 14.2 Å². The Kier molecular flexibility index (Phi) is 4.94. The molecule has 18 heavy (non-hydrogen) atoms. The third-order valence-corrected chi connectivity index (χ3v) is 2.40. The summed E-state index contributed by atoms with van der Waals surface area (Å²) in [7, 11) is 2.98. The molecule has 4 nitrogen and oxygen atoms in total. The van der Waals surface area contributed by atoms with E-state index in [0.29, 0.717) is 11.4 Å². The molecule has 0 atom stereocenters. The van der Waals surface area contributed by atoms with Gasteiger partial charge >= 0.3 is 0 Å². The first-order chi connectivity index (χ1) is 8.63. The average molecular weight is 244 g/mol. The van der Waals surface area contributed by atoms with Crippen molar-refractivity contribution >= 4 is 11.4 Å². The molecule has 0 saturated carbocycles. The Morgan fingerprint density at radius 1 is 1.22 bits per heavy atom. The highest BCUT2D eigenvalue weighted by Gasteiger charge is 2.12. The van der Waals surface area contributed by atoms with Crippen LogP contribution < -0.4 is 0 Å². The number of nitrogens with zero attached hydrogens (tertiary/aromatic N) is 2. The maximum atomic E-state index is 5.36. The van der Waals surface area contributed by atoms with E-state index in [2.05, 4.69) is 16.2 Å². The van der Waals surface area contributed by atoms with Gasteiger partial charge in [-0.15, -0.1) is 6.42 Å². The lowest BCUT2D eigenvalue weighted by Crippen LogP contribution is -2.14. The minimum Gasteiger partial charge on any atom is -0.399 e. The fourth-order valence-electron chi connectivity index (χ4n) is 1.60. The Balaban J connectivity index is 3.28. The van der Waals surface area contributed by atoms with Crippen LogP contribution in [-0.2, 0) is 9.68 Å². The molecule has 4 heteroatoms. The largest absolute Gasteiger partial charge is 0.399 e. The lowest BCUT2D eigenvalue weighted by atomic mass is 9.99. The average Bonchev–Trinajstić information content (AvgIpc) is 2.36. The van der Waals surface area contributed by atoms with E-state index in [-0.39, 0.29) is 0 Å². The summed E-state index contributed by atoms with van der Waals surface area (Å²) >= 11 is 0. The SMILES string of the molecule is C#Cc1ccc(C(=N\OC)/C(C)=N/OC)c(C)c1. The van der Waals surface area contributed by atoms with Crippen molar-refractivity contribution in [1.82, 2.24) is 0 Å². The summed E-state index contributed by atoms with van der Waals surface area (Å²) in [5.41, 5.74) is 4.01. The second-order valence-corrected chi connectivity index (χ2v) is 3.66. The van der Waals surface area contributed by atoms with Crippen molar-refractivity contribution in [1.29, 1.82) is 0 Å². The van der Waals surface area contributed by atoms with Crippen LogP contribution in [0.1, 0.15) is 23.6 Å². The van der Waals surface area contributed by atoms with Crippen LogP contribution in [0.25, 0.3) is 0 Å². The molecule has 0 amide bonds. The molecule has 0 radical (unpaired) electrons. The van der Waals surface area contributed by atoms with Crippen LogP contribution in [0.3, 0.4) is 0 Å². The fourth-order valence-corrected chi connectivity index (χ4v) is 1.60. The van der Waals surface area contributed by atoms with Crippen molar-refractivity contribution in [3.05, 3.63) is 34.9 Å². The van der Waals surface area contributed by atoms with Gasteiger partial charge < -0.3 is 9.68 Å². The van der Waals surface area contributed by atoms with Gasteiger partial charge in [0.15, 0.2) is 0 Å². The number of hydrogen-bond acceptors (Lipinski definition) is 4. The van der Waals surface area contributed by atoms with E-state index >= 15 is 0 Å². The Hall–Kier alpha value is -2.28. The lowest BCUT2D eigenvalue weighted by Gasteiger charge is -2.08. The summed E-state index contributed by atoms with van der Waals surface area (Å²) in [6, 6.07) is 5.67. The molecule has 94 valence electrons. The summed E-state index contributed by atoms with van der Waals surface area (Å²) < 4.78 is 0. The molecule has 0 aromatic heterocycles. The molecule has 0 unspecified atom stereocenters. The van der Waals surface area contributed by atoms with Crippen molar-refractivity contribution in [3.63, 3.8) is 0 Å². The molecule has 0 saturated heterocycles. The van der Waals surface area contributed by atoms with Gasteiger partial charge in [-0.3, -0.25) is 0 Å². The number of benzene rings is 1. The summed E-state index contributed by atoms with van der Waals surface area (Å²) in [4.78, 5) is 9.61. The van der Waals surface area contributed by atoms with Gasteiger partial charge in [0.25, 0.3) is 0 Å². The second kappa shape index (κ2) is 6.45. The number of hydrogen-bond donors (Lipinski definition) is 0. The molecule has 0 aliphatic heterocycles. The van der Waals surface area contributed by atoms with Gasteiger partial charge in [-0.25, -0.2) is 0 Å². The summed E-state index contributed by atoms with van der Waals surface area (Å²) in [6.45, 7) is 3.76. The van der Waals surface area contributed by atoms with E-state index in [0.717, 1.165) is 16.7 Å². The molecule has 1 rings (SSSR count).